The van der Waals surface area contributed by atoms with E-state index < -0.39 is 11.8 Å². The summed E-state index contributed by atoms with van der Waals surface area (Å²) in [5.41, 5.74) is 0.924. The predicted octanol–water partition coefficient (Wildman–Crippen LogP) is 4.17. The van der Waals surface area contributed by atoms with Gasteiger partial charge >= 0.3 is 5.97 Å². The summed E-state index contributed by atoms with van der Waals surface area (Å²) in [6.45, 7) is -0.271. The Morgan fingerprint density at radius 3 is 2.50 bits per heavy atom. The lowest BCUT2D eigenvalue weighted by atomic mass is 10.1. The molecule has 0 fully saturated rings. The van der Waals surface area contributed by atoms with E-state index >= 15 is 0 Å². The van der Waals surface area contributed by atoms with Crippen LogP contribution in [0.1, 0.15) is 34.3 Å². The molecule has 24 heavy (non-hydrogen) atoms. The largest absolute Gasteiger partial charge is 0.461 e. The second-order valence-corrected chi connectivity index (χ2v) is 5.92. The van der Waals surface area contributed by atoms with E-state index in [1.54, 1.807) is 24.3 Å². The molecule has 0 radical (unpaired) electrons. The van der Waals surface area contributed by atoms with Crippen molar-refractivity contribution in [1.82, 2.24) is 0 Å². The van der Waals surface area contributed by atoms with Gasteiger partial charge in [-0.15, -0.1) is 0 Å². The first-order valence-corrected chi connectivity index (χ1v) is 7.92. The van der Waals surface area contributed by atoms with Crippen molar-refractivity contribution < 1.29 is 18.7 Å². The first-order valence-electron chi connectivity index (χ1n) is 7.12. The van der Waals surface area contributed by atoms with Crippen molar-refractivity contribution in [3.05, 3.63) is 69.4 Å². The van der Waals surface area contributed by atoms with E-state index in [9.17, 15) is 14.0 Å². The normalized spacial score (nSPS) is 10.0. The molecule has 0 unspecified atom stereocenters. The summed E-state index contributed by atoms with van der Waals surface area (Å²) < 4.78 is 19.4. The monoisotopic (exact) mass is 389 g/mol. The highest BCUT2D eigenvalue weighted by Gasteiger charge is 2.12. The number of hydrogen-bond acceptors (Lipinski definition) is 4. The SMILES string of the molecule is N#Cc1ccc(F)c(COC(=O)CCC(=O)c2ccc(Br)cc2)c1. The quantitative estimate of drug-likeness (QED) is 0.549. The second kappa shape index (κ2) is 8.37. The number of halogens is 2. The van der Waals surface area contributed by atoms with Gasteiger partial charge in [0.05, 0.1) is 18.1 Å². The van der Waals surface area contributed by atoms with Crippen molar-refractivity contribution >= 4 is 27.7 Å². The smallest absolute Gasteiger partial charge is 0.306 e. The summed E-state index contributed by atoms with van der Waals surface area (Å²) in [4.78, 5) is 23.7. The zero-order valence-electron chi connectivity index (χ0n) is 12.6. The van der Waals surface area contributed by atoms with Crippen LogP contribution in [0.5, 0.6) is 0 Å². The Morgan fingerprint density at radius 1 is 1.12 bits per heavy atom. The Morgan fingerprint density at radius 2 is 1.83 bits per heavy atom. The zero-order chi connectivity index (χ0) is 17.5. The maximum Gasteiger partial charge on any atom is 0.306 e. The first-order chi connectivity index (χ1) is 11.5. The molecule has 0 amide bonds. The summed E-state index contributed by atoms with van der Waals surface area (Å²) >= 11 is 3.28. The number of esters is 1. The average Bonchev–Trinajstić information content (AvgIpc) is 2.59. The van der Waals surface area contributed by atoms with Gasteiger partial charge in [-0.05, 0) is 30.3 Å². The molecule has 0 saturated carbocycles. The number of carbonyl (C=O) groups excluding carboxylic acids is 2. The van der Waals surface area contributed by atoms with Crippen molar-refractivity contribution in [1.29, 1.82) is 5.26 Å². The fourth-order valence-electron chi connectivity index (χ4n) is 1.98. The molecule has 0 saturated heterocycles. The second-order valence-electron chi connectivity index (χ2n) is 5.01. The molecule has 0 spiro atoms. The molecule has 122 valence electrons. The Labute approximate surface area is 147 Å². The van der Waals surface area contributed by atoms with Crippen LogP contribution in [0.4, 0.5) is 4.39 Å². The lowest BCUT2D eigenvalue weighted by Gasteiger charge is -2.06. The molecule has 2 rings (SSSR count). The minimum Gasteiger partial charge on any atom is -0.461 e. The molecule has 0 aliphatic carbocycles. The highest BCUT2D eigenvalue weighted by molar-refractivity contribution is 9.10. The van der Waals surface area contributed by atoms with E-state index in [1.807, 2.05) is 6.07 Å². The van der Waals surface area contributed by atoms with Crippen LogP contribution in [0.25, 0.3) is 0 Å². The molecule has 0 aromatic heterocycles. The lowest BCUT2D eigenvalue weighted by molar-refractivity contribution is -0.144. The standard InChI is InChI=1S/C18H13BrFNO3/c19-15-4-2-13(3-5-15)17(22)7-8-18(23)24-11-14-9-12(10-21)1-6-16(14)20/h1-6,9H,7-8,11H2. The van der Waals surface area contributed by atoms with Gasteiger partial charge in [0.25, 0.3) is 0 Å². The van der Waals surface area contributed by atoms with Crippen LogP contribution in [-0.2, 0) is 16.1 Å². The number of Topliss-reactive ketones (excluding diaryl/α,β-unsaturated/α-hetero) is 1. The van der Waals surface area contributed by atoms with Gasteiger partial charge in [-0.3, -0.25) is 9.59 Å². The van der Waals surface area contributed by atoms with E-state index in [0.717, 1.165) is 10.5 Å². The first kappa shape index (κ1) is 17.8. The number of benzene rings is 2. The summed E-state index contributed by atoms with van der Waals surface area (Å²) in [5.74, 6) is -1.31. The fourth-order valence-corrected chi connectivity index (χ4v) is 2.25. The van der Waals surface area contributed by atoms with Crippen LogP contribution >= 0.6 is 15.9 Å². The van der Waals surface area contributed by atoms with Crippen LogP contribution in [0, 0.1) is 17.1 Å². The lowest BCUT2D eigenvalue weighted by Crippen LogP contribution is -2.09. The fraction of sp³-hybridized carbons (Fsp3) is 0.167. The van der Waals surface area contributed by atoms with Gasteiger partial charge in [0.15, 0.2) is 5.78 Å². The molecule has 0 atom stereocenters. The van der Waals surface area contributed by atoms with Crippen molar-refractivity contribution in [2.24, 2.45) is 0 Å². The number of nitrogens with zero attached hydrogens (tertiary/aromatic N) is 1. The van der Waals surface area contributed by atoms with Gasteiger partial charge in [-0.1, -0.05) is 28.1 Å². The summed E-state index contributed by atoms with van der Waals surface area (Å²) in [6, 6.07) is 12.5. The minimum atomic E-state index is -0.595. The van der Waals surface area contributed by atoms with Crippen LogP contribution in [-0.4, -0.2) is 11.8 Å². The van der Waals surface area contributed by atoms with Gasteiger partial charge in [-0.25, -0.2) is 4.39 Å². The highest BCUT2D eigenvalue weighted by Crippen LogP contribution is 2.14. The summed E-state index contributed by atoms with van der Waals surface area (Å²) in [7, 11) is 0. The Balaban J connectivity index is 1.84. The van der Waals surface area contributed by atoms with Gasteiger partial charge in [0.1, 0.15) is 12.4 Å². The molecule has 0 heterocycles. The van der Waals surface area contributed by atoms with Crippen molar-refractivity contribution in [3.8, 4) is 6.07 Å². The molecule has 0 aliphatic heterocycles. The van der Waals surface area contributed by atoms with Crippen molar-refractivity contribution in [2.75, 3.05) is 0 Å². The van der Waals surface area contributed by atoms with E-state index in [2.05, 4.69) is 15.9 Å². The third kappa shape index (κ3) is 5.00. The Bertz CT molecular complexity index is 797. The number of ketones is 1. The predicted molar refractivity (Wildman–Crippen MR) is 88.6 cm³/mol. The molecule has 2 aromatic carbocycles. The Hall–Kier alpha value is -2.52. The van der Waals surface area contributed by atoms with Crippen LogP contribution in [0.2, 0.25) is 0 Å². The summed E-state index contributed by atoms with van der Waals surface area (Å²) in [6.07, 6.45) is -0.0738. The number of hydrogen-bond donors (Lipinski definition) is 0. The van der Waals surface area contributed by atoms with Gasteiger partial charge in [0.2, 0.25) is 0 Å². The van der Waals surface area contributed by atoms with Gasteiger partial charge < -0.3 is 4.74 Å². The summed E-state index contributed by atoms with van der Waals surface area (Å²) in [5, 5.41) is 8.78. The maximum absolute atomic E-state index is 13.6. The minimum absolute atomic E-state index is 0.0151. The van der Waals surface area contributed by atoms with Crippen molar-refractivity contribution in [2.45, 2.75) is 19.4 Å². The molecular weight excluding hydrogens is 377 g/mol. The molecule has 2 aromatic rings. The van der Waals surface area contributed by atoms with E-state index in [-0.39, 0.29) is 36.4 Å². The third-order valence-electron chi connectivity index (χ3n) is 3.29. The molecule has 4 nitrogen and oxygen atoms in total. The highest BCUT2D eigenvalue weighted by atomic mass is 79.9. The van der Waals surface area contributed by atoms with Crippen LogP contribution in [0.3, 0.4) is 0 Å². The number of nitriles is 1. The number of carbonyl (C=O) groups is 2. The zero-order valence-corrected chi connectivity index (χ0v) is 14.2. The van der Waals surface area contributed by atoms with Crippen LogP contribution in [0.15, 0.2) is 46.9 Å². The van der Waals surface area contributed by atoms with E-state index in [4.69, 9.17) is 10.00 Å². The molecule has 0 N–H and O–H groups in total. The molecule has 6 heteroatoms. The van der Waals surface area contributed by atoms with Crippen LogP contribution < -0.4 is 0 Å². The molecule has 0 bridgehead atoms. The maximum atomic E-state index is 13.6. The number of rotatable bonds is 6. The van der Waals surface area contributed by atoms with E-state index in [0.29, 0.717) is 5.56 Å². The van der Waals surface area contributed by atoms with Gasteiger partial charge in [0, 0.05) is 22.0 Å². The molecular formula is C18H13BrFNO3. The topological polar surface area (TPSA) is 67.2 Å². The molecule has 0 aliphatic rings. The van der Waals surface area contributed by atoms with Gasteiger partial charge in [-0.2, -0.15) is 5.26 Å². The van der Waals surface area contributed by atoms with E-state index in [1.165, 1.54) is 12.1 Å². The number of ether oxygens (including phenoxy) is 1. The van der Waals surface area contributed by atoms with Crippen molar-refractivity contribution in [3.63, 3.8) is 0 Å². The third-order valence-corrected chi connectivity index (χ3v) is 3.81. The Kier molecular flexibility index (Phi) is 6.21. The average molecular weight is 390 g/mol.